The summed E-state index contributed by atoms with van der Waals surface area (Å²) in [6.07, 6.45) is 2.13. The van der Waals surface area contributed by atoms with Crippen LogP contribution in [0.1, 0.15) is 37.6 Å². The maximum Gasteiger partial charge on any atom is 0.335 e. The lowest BCUT2D eigenvalue weighted by molar-refractivity contribution is 0.0696. The number of carboxylic acid groups (broad SMARTS) is 1. The summed E-state index contributed by atoms with van der Waals surface area (Å²) in [5, 5.41) is 12.7. The second-order valence-corrected chi connectivity index (χ2v) is 5.06. The number of amides is 1. The molecular weight excluding hydrogens is 272 g/mol. The van der Waals surface area contributed by atoms with Crippen molar-refractivity contribution in [2.24, 2.45) is 0 Å². The number of benzene rings is 1. The van der Waals surface area contributed by atoms with E-state index in [9.17, 15) is 9.59 Å². The lowest BCUT2D eigenvalue weighted by Crippen LogP contribution is -2.36. The standard InChI is InChI=1S/C15H14N2O4/c1-9-13(7-16-21-9)14(18)17-5-4-10-2-3-11(15(19)20)6-12(10)8-17/h2-3,6-7H,4-5,8H2,1H3,(H,19,20). The Hall–Kier alpha value is -2.63. The fraction of sp³-hybridized carbons (Fsp3) is 0.267. The number of carbonyl (C=O) groups is 2. The molecule has 108 valence electrons. The first-order valence-corrected chi connectivity index (χ1v) is 6.62. The van der Waals surface area contributed by atoms with E-state index >= 15 is 0 Å². The number of hydrogen-bond donors (Lipinski definition) is 1. The van der Waals surface area contributed by atoms with E-state index in [2.05, 4.69) is 5.16 Å². The highest BCUT2D eigenvalue weighted by molar-refractivity contribution is 5.95. The lowest BCUT2D eigenvalue weighted by Gasteiger charge is -2.28. The first-order valence-electron chi connectivity index (χ1n) is 6.62. The fourth-order valence-corrected chi connectivity index (χ4v) is 2.54. The van der Waals surface area contributed by atoms with E-state index < -0.39 is 5.97 Å². The zero-order valence-electron chi connectivity index (χ0n) is 11.5. The highest BCUT2D eigenvalue weighted by Crippen LogP contribution is 2.22. The molecule has 1 N–H and O–H groups in total. The van der Waals surface area contributed by atoms with Gasteiger partial charge in [0.25, 0.3) is 5.91 Å². The van der Waals surface area contributed by atoms with Crippen LogP contribution in [0.15, 0.2) is 28.9 Å². The van der Waals surface area contributed by atoms with Gasteiger partial charge in [-0.05, 0) is 36.6 Å². The van der Waals surface area contributed by atoms with Crippen LogP contribution in [0.2, 0.25) is 0 Å². The number of nitrogens with zero attached hydrogens (tertiary/aromatic N) is 2. The number of aromatic carboxylic acids is 1. The molecule has 6 heteroatoms. The number of fused-ring (bicyclic) bond motifs is 1. The van der Waals surface area contributed by atoms with E-state index in [1.165, 1.54) is 6.20 Å². The van der Waals surface area contributed by atoms with Crippen molar-refractivity contribution in [3.05, 3.63) is 52.4 Å². The van der Waals surface area contributed by atoms with Gasteiger partial charge in [-0.3, -0.25) is 4.79 Å². The summed E-state index contributed by atoms with van der Waals surface area (Å²) >= 11 is 0. The average Bonchev–Trinajstić information content (AvgIpc) is 2.91. The van der Waals surface area contributed by atoms with Crippen LogP contribution >= 0.6 is 0 Å². The van der Waals surface area contributed by atoms with E-state index in [-0.39, 0.29) is 11.5 Å². The largest absolute Gasteiger partial charge is 0.478 e. The highest BCUT2D eigenvalue weighted by Gasteiger charge is 2.25. The number of hydrogen-bond acceptors (Lipinski definition) is 4. The van der Waals surface area contributed by atoms with Crippen molar-refractivity contribution in [1.29, 1.82) is 0 Å². The van der Waals surface area contributed by atoms with E-state index in [1.807, 2.05) is 6.07 Å². The molecule has 6 nitrogen and oxygen atoms in total. The van der Waals surface area contributed by atoms with Gasteiger partial charge in [0.1, 0.15) is 11.3 Å². The predicted octanol–water partition coefficient (Wildman–Crippen LogP) is 1.88. The Labute approximate surface area is 121 Å². The zero-order valence-corrected chi connectivity index (χ0v) is 11.5. The molecule has 2 aromatic rings. The number of carboxylic acids is 1. The Kier molecular flexibility index (Phi) is 3.21. The summed E-state index contributed by atoms with van der Waals surface area (Å²) in [6.45, 7) is 2.70. The Bertz CT molecular complexity index is 720. The zero-order chi connectivity index (χ0) is 15.0. The summed E-state index contributed by atoms with van der Waals surface area (Å²) < 4.78 is 4.92. The monoisotopic (exact) mass is 286 g/mol. The molecule has 0 fully saturated rings. The van der Waals surface area contributed by atoms with Gasteiger partial charge in [-0.15, -0.1) is 0 Å². The minimum Gasteiger partial charge on any atom is -0.478 e. The lowest BCUT2D eigenvalue weighted by atomic mass is 9.97. The van der Waals surface area contributed by atoms with Gasteiger partial charge < -0.3 is 14.5 Å². The second kappa shape index (κ2) is 5.05. The molecule has 1 aliphatic rings. The minimum absolute atomic E-state index is 0.139. The molecule has 0 radical (unpaired) electrons. The molecule has 3 rings (SSSR count). The molecule has 1 amide bonds. The van der Waals surface area contributed by atoms with E-state index in [1.54, 1.807) is 24.0 Å². The van der Waals surface area contributed by atoms with E-state index in [0.717, 1.165) is 11.1 Å². The maximum absolute atomic E-state index is 12.4. The van der Waals surface area contributed by atoms with Crippen molar-refractivity contribution < 1.29 is 19.2 Å². The quantitative estimate of drug-likeness (QED) is 0.911. The molecular formula is C15H14N2O4. The minimum atomic E-state index is -0.962. The Morgan fingerprint density at radius 3 is 2.81 bits per heavy atom. The van der Waals surface area contributed by atoms with Crippen molar-refractivity contribution in [3.63, 3.8) is 0 Å². The molecule has 1 aliphatic heterocycles. The SMILES string of the molecule is Cc1oncc1C(=O)N1CCc2ccc(C(=O)O)cc2C1. The molecule has 0 unspecified atom stereocenters. The molecule has 0 atom stereocenters. The third-order valence-electron chi connectivity index (χ3n) is 3.73. The Morgan fingerprint density at radius 1 is 1.33 bits per heavy atom. The number of aromatic nitrogens is 1. The van der Waals surface area contributed by atoms with Gasteiger partial charge in [-0.1, -0.05) is 11.2 Å². The normalized spacial score (nSPS) is 13.9. The van der Waals surface area contributed by atoms with E-state index in [0.29, 0.717) is 30.8 Å². The van der Waals surface area contributed by atoms with Crippen LogP contribution in [0.3, 0.4) is 0 Å². The summed E-state index contributed by atoms with van der Waals surface area (Å²) in [7, 11) is 0. The molecule has 0 spiro atoms. The van der Waals surface area contributed by atoms with Crippen molar-refractivity contribution in [1.82, 2.24) is 10.1 Å². The first-order chi connectivity index (χ1) is 10.1. The van der Waals surface area contributed by atoms with Crippen molar-refractivity contribution in [2.75, 3.05) is 6.54 Å². The van der Waals surface area contributed by atoms with Crippen LogP contribution in [0.4, 0.5) is 0 Å². The Balaban J connectivity index is 1.87. The molecule has 21 heavy (non-hydrogen) atoms. The third kappa shape index (κ3) is 2.40. The van der Waals surface area contributed by atoms with Crippen molar-refractivity contribution in [3.8, 4) is 0 Å². The van der Waals surface area contributed by atoms with Crippen LogP contribution in [0.5, 0.6) is 0 Å². The molecule has 0 aliphatic carbocycles. The second-order valence-electron chi connectivity index (χ2n) is 5.06. The van der Waals surface area contributed by atoms with Gasteiger partial charge in [-0.2, -0.15) is 0 Å². The molecule has 1 aromatic heterocycles. The smallest absolute Gasteiger partial charge is 0.335 e. The highest BCUT2D eigenvalue weighted by atomic mass is 16.5. The van der Waals surface area contributed by atoms with Crippen LogP contribution < -0.4 is 0 Å². The number of aryl methyl sites for hydroxylation is 1. The van der Waals surface area contributed by atoms with Gasteiger partial charge >= 0.3 is 5.97 Å². The first kappa shape index (κ1) is 13.4. The maximum atomic E-state index is 12.4. The molecule has 0 bridgehead atoms. The van der Waals surface area contributed by atoms with Crippen LogP contribution in [-0.4, -0.2) is 33.6 Å². The van der Waals surface area contributed by atoms with Gasteiger partial charge in [-0.25, -0.2) is 4.79 Å². The van der Waals surface area contributed by atoms with Crippen molar-refractivity contribution in [2.45, 2.75) is 19.9 Å². The summed E-state index contributed by atoms with van der Waals surface area (Å²) in [4.78, 5) is 25.1. The Morgan fingerprint density at radius 2 is 2.14 bits per heavy atom. The van der Waals surface area contributed by atoms with Crippen LogP contribution in [0, 0.1) is 6.92 Å². The summed E-state index contributed by atoms with van der Waals surface area (Å²) in [5.74, 6) is -0.610. The predicted molar refractivity (Wildman–Crippen MR) is 73.1 cm³/mol. The van der Waals surface area contributed by atoms with Gasteiger partial charge in [0.05, 0.1) is 11.8 Å². The summed E-state index contributed by atoms with van der Waals surface area (Å²) in [5.41, 5.74) is 2.66. The number of rotatable bonds is 2. The third-order valence-corrected chi connectivity index (χ3v) is 3.73. The van der Waals surface area contributed by atoms with E-state index in [4.69, 9.17) is 9.63 Å². The molecule has 1 aromatic carbocycles. The topological polar surface area (TPSA) is 83.6 Å². The van der Waals surface area contributed by atoms with Gasteiger partial charge in [0, 0.05) is 13.1 Å². The average molecular weight is 286 g/mol. The fourth-order valence-electron chi connectivity index (χ4n) is 2.54. The van der Waals surface area contributed by atoms with Crippen LogP contribution in [0.25, 0.3) is 0 Å². The van der Waals surface area contributed by atoms with Crippen molar-refractivity contribution >= 4 is 11.9 Å². The molecule has 0 saturated heterocycles. The number of carbonyl (C=O) groups excluding carboxylic acids is 1. The summed E-state index contributed by atoms with van der Waals surface area (Å²) in [6, 6.07) is 5.06. The van der Waals surface area contributed by atoms with Gasteiger partial charge in [0.15, 0.2) is 0 Å². The van der Waals surface area contributed by atoms with Crippen LogP contribution in [-0.2, 0) is 13.0 Å². The van der Waals surface area contributed by atoms with Gasteiger partial charge in [0.2, 0.25) is 0 Å². The molecule has 0 saturated carbocycles. The molecule has 2 heterocycles.